The molecule has 136 valence electrons. The van der Waals surface area contributed by atoms with Crippen molar-refractivity contribution in [2.75, 3.05) is 5.32 Å². The van der Waals surface area contributed by atoms with Crippen LogP contribution in [-0.4, -0.2) is 20.7 Å². The van der Waals surface area contributed by atoms with Crippen molar-refractivity contribution in [3.05, 3.63) is 71.8 Å². The minimum atomic E-state index is -0.160. The van der Waals surface area contributed by atoms with Crippen LogP contribution in [0.4, 0.5) is 5.82 Å². The molecule has 2 aromatic heterocycles. The SMILES string of the molecule is CCc1ccc(C(=O)Nc2cc(-c3cc4ccccc4n3CC)[nH]n2)cc1. The second-order valence-electron chi connectivity index (χ2n) is 6.50. The fourth-order valence-corrected chi connectivity index (χ4v) is 3.37. The summed E-state index contributed by atoms with van der Waals surface area (Å²) in [7, 11) is 0. The molecule has 0 unspecified atom stereocenters. The number of aromatic nitrogens is 3. The zero-order valence-electron chi connectivity index (χ0n) is 15.5. The highest BCUT2D eigenvalue weighted by Crippen LogP contribution is 2.28. The number of nitrogens with one attached hydrogen (secondary N) is 2. The Labute approximate surface area is 158 Å². The summed E-state index contributed by atoms with van der Waals surface area (Å²) in [6.45, 7) is 5.07. The zero-order chi connectivity index (χ0) is 18.8. The summed E-state index contributed by atoms with van der Waals surface area (Å²) in [6.07, 6.45) is 0.954. The van der Waals surface area contributed by atoms with Crippen molar-refractivity contribution in [2.45, 2.75) is 26.8 Å². The molecule has 0 aliphatic carbocycles. The van der Waals surface area contributed by atoms with Crippen molar-refractivity contribution < 1.29 is 4.79 Å². The number of benzene rings is 2. The first-order chi connectivity index (χ1) is 13.2. The number of nitrogens with zero attached hydrogens (tertiary/aromatic N) is 2. The third kappa shape index (κ3) is 3.24. The quantitative estimate of drug-likeness (QED) is 0.535. The second-order valence-corrected chi connectivity index (χ2v) is 6.50. The summed E-state index contributed by atoms with van der Waals surface area (Å²) >= 11 is 0. The second kappa shape index (κ2) is 7.11. The average Bonchev–Trinajstić information content (AvgIpc) is 3.31. The van der Waals surface area contributed by atoms with E-state index in [1.165, 1.54) is 16.5 Å². The van der Waals surface area contributed by atoms with Crippen LogP contribution in [0, 0.1) is 0 Å². The van der Waals surface area contributed by atoms with Crippen LogP contribution in [-0.2, 0) is 13.0 Å². The van der Waals surface area contributed by atoms with E-state index in [2.05, 4.69) is 52.1 Å². The first kappa shape index (κ1) is 17.1. The third-order valence-electron chi connectivity index (χ3n) is 4.85. The molecule has 0 aliphatic rings. The van der Waals surface area contributed by atoms with Gasteiger partial charge in [-0.25, -0.2) is 0 Å². The number of aromatic amines is 1. The molecule has 5 heteroatoms. The van der Waals surface area contributed by atoms with Gasteiger partial charge in [0.05, 0.1) is 11.4 Å². The summed E-state index contributed by atoms with van der Waals surface area (Å²) < 4.78 is 2.23. The average molecular weight is 358 g/mol. The van der Waals surface area contributed by atoms with E-state index in [4.69, 9.17) is 0 Å². The number of aryl methyl sites for hydroxylation is 2. The van der Waals surface area contributed by atoms with Crippen LogP contribution in [0.5, 0.6) is 0 Å². The number of para-hydroxylation sites is 1. The maximum absolute atomic E-state index is 12.5. The van der Waals surface area contributed by atoms with E-state index in [9.17, 15) is 4.79 Å². The molecule has 4 aromatic rings. The molecular formula is C22H22N4O. The van der Waals surface area contributed by atoms with Gasteiger partial charge >= 0.3 is 0 Å². The van der Waals surface area contributed by atoms with Crippen molar-refractivity contribution in [3.63, 3.8) is 0 Å². The number of fused-ring (bicyclic) bond motifs is 1. The normalized spacial score (nSPS) is 11.0. The molecule has 5 nitrogen and oxygen atoms in total. The van der Waals surface area contributed by atoms with Crippen molar-refractivity contribution >= 4 is 22.6 Å². The first-order valence-electron chi connectivity index (χ1n) is 9.24. The predicted molar refractivity (Wildman–Crippen MR) is 109 cm³/mol. The van der Waals surface area contributed by atoms with E-state index in [0.29, 0.717) is 11.4 Å². The Morgan fingerprint density at radius 2 is 1.85 bits per heavy atom. The minimum absolute atomic E-state index is 0.160. The molecule has 4 rings (SSSR count). The number of carbonyl (C=O) groups excluding carboxylic acids is 1. The van der Waals surface area contributed by atoms with Gasteiger partial charge in [-0.3, -0.25) is 9.89 Å². The van der Waals surface area contributed by atoms with Gasteiger partial charge in [0.15, 0.2) is 5.82 Å². The molecule has 0 radical (unpaired) electrons. The van der Waals surface area contributed by atoms with Gasteiger partial charge in [-0.2, -0.15) is 5.10 Å². The Morgan fingerprint density at radius 3 is 2.59 bits per heavy atom. The standard InChI is InChI=1S/C22H22N4O/c1-3-15-9-11-16(12-10-15)22(27)23-21-14-18(24-25-21)20-13-17-7-5-6-8-19(17)26(20)4-2/h5-14H,3-4H2,1-2H3,(H2,23,24,25,27). The van der Waals surface area contributed by atoms with E-state index in [0.717, 1.165) is 24.4 Å². The zero-order valence-corrected chi connectivity index (χ0v) is 15.5. The Balaban J connectivity index is 1.59. The number of H-pyrrole nitrogens is 1. The summed E-state index contributed by atoms with van der Waals surface area (Å²) in [5, 5.41) is 11.4. The monoisotopic (exact) mass is 358 g/mol. The van der Waals surface area contributed by atoms with Crippen molar-refractivity contribution in [1.82, 2.24) is 14.8 Å². The Kier molecular flexibility index (Phi) is 4.50. The molecular weight excluding hydrogens is 336 g/mol. The van der Waals surface area contributed by atoms with Crippen LogP contribution in [0.25, 0.3) is 22.3 Å². The highest BCUT2D eigenvalue weighted by molar-refractivity contribution is 6.04. The lowest BCUT2D eigenvalue weighted by molar-refractivity contribution is 0.102. The largest absolute Gasteiger partial charge is 0.340 e. The summed E-state index contributed by atoms with van der Waals surface area (Å²) in [6, 6.07) is 19.9. The molecule has 27 heavy (non-hydrogen) atoms. The van der Waals surface area contributed by atoms with Crippen molar-refractivity contribution in [1.29, 1.82) is 0 Å². The number of amides is 1. The van der Waals surface area contributed by atoms with E-state index in [-0.39, 0.29) is 5.91 Å². The lowest BCUT2D eigenvalue weighted by Gasteiger charge is -2.05. The maximum Gasteiger partial charge on any atom is 0.256 e. The van der Waals surface area contributed by atoms with Gasteiger partial charge in [0.1, 0.15) is 0 Å². The maximum atomic E-state index is 12.5. The van der Waals surface area contributed by atoms with Crippen LogP contribution in [0.1, 0.15) is 29.8 Å². The van der Waals surface area contributed by atoms with Gasteiger partial charge in [0, 0.05) is 29.1 Å². The van der Waals surface area contributed by atoms with Crippen molar-refractivity contribution in [3.8, 4) is 11.4 Å². The first-order valence-corrected chi connectivity index (χ1v) is 9.24. The Bertz CT molecular complexity index is 1090. The van der Waals surface area contributed by atoms with Crippen LogP contribution >= 0.6 is 0 Å². The van der Waals surface area contributed by atoms with Gasteiger partial charge in [-0.15, -0.1) is 0 Å². The topological polar surface area (TPSA) is 62.7 Å². The number of anilines is 1. The highest BCUT2D eigenvalue weighted by atomic mass is 16.1. The van der Waals surface area contributed by atoms with Gasteiger partial charge in [0.25, 0.3) is 5.91 Å². The van der Waals surface area contributed by atoms with Crippen molar-refractivity contribution in [2.24, 2.45) is 0 Å². The Hall–Kier alpha value is -3.34. The van der Waals surface area contributed by atoms with Crippen LogP contribution < -0.4 is 5.32 Å². The number of hydrogen-bond acceptors (Lipinski definition) is 2. The summed E-state index contributed by atoms with van der Waals surface area (Å²) in [5.74, 6) is 0.356. The molecule has 0 aliphatic heterocycles. The van der Waals surface area contributed by atoms with Crippen LogP contribution in [0.15, 0.2) is 60.7 Å². The van der Waals surface area contributed by atoms with Gasteiger partial charge in [0.2, 0.25) is 0 Å². The van der Waals surface area contributed by atoms with E-state index in [1.54, 1.807) is 0 Å². The van der Waals surface area contributed by atoms with Crippen LogP contribution in [0.2, 0.25) is 0 Å². The lowest BCUT2D eigenvalue weighted by atomic mass is 10.1. The van der Waals surface area contributed by atoms with E-state index >= 15 is 0 Å². The molecule has 0 spiro atoms. The highest BCUT2D eigenvalue weighted by Gasteiger charge is 2.13. The van der Waals surface area contributed by atoms with Gasteiger partial charge < -0.3 is 9.88 Å². The smallest absolute Gasteiger partial charge is 0.256 e. The molecule has 2 N–H and O–H groups in total. The third-order valence-corrected chi connectivity index (χ3v) is 4.85. The molecule has 2 aromatic carbocycles. The minimum Gasteiger partial charge on any atom is -0.340 e. The molecule has 0 atom stereocenters. The van der Waals surface area contributed by atoms with E-state index < -0.39 is 0 Å². The lowest BCUT2D eigenvalue weighted by Crippen LogP contribution is -2.12. The number of rotatable bonds is 5. The molecule has 2 heterocycles. The van der Waals surface area contributed by atoms with Gasteiger partial charge in [-0.05, 0) is 43.2 Å². The predicted octanol–water partition coefficient (Wildman–Crippen LogP) is 4.87. The molecule has 0 bridgehead atoms. The van der Waals surface area contributed by atoms with Crippen LogP contribution in [0.3, 0.4) is 0 Å². The summed E-state index contributed by atoms with van der Waals surface area (Å²) in [4.78, 5) is 12.5. The van der Waals surface area contributed by atoms with Gasteiger partial charge in [-0.1, -0.05) is 37.3 Å². The summed E-state index contributed by atoms with van der Waals surface area (Å²) in [5.41, 5.74) is 4.95. The van der Waals surface area contributed by atoms with E-state index in [1.807, 2.05) is 42.5 Å². The Morgan fingerprint density at radius 1 is 1.07 bits per heavy atom. The molecule has 0 saturated carbocycles. The fourth-order valence-electron chi connectivity index (χ4n) is 3.37. The molecule has 0 saturated heterocycles. The molecule has 0 fully saturated rings. The number of hydrogen-bond donors (Lipinski definition) is 2. The fraction of sp³-hybridized carbons (Fsp3) is 0.182. The molecule has 1 amide bonds. The number of carbonyl (C=O) groups is 1.